The highest BCUT2D eigenvalue weighted by Gasteiger charge is 2.30. The lowest BCUT2D eigenvalue weighted by atomic mass is 10.1. The molecule has 1 atom stereocenters. The number of nitrogens with two attached hydrogens (primary N) is 1. The molecular formula is C18H23N3O3. The molecule has 0 amide bonds. The summed E-state index contributed by atoms with van der Waals surface area (Å²) in [6.07, 6.45) is 6.06. The Balaban J connectivity index is 2.23. The molecule has 6 heteroatoms. The number of amidine groups is 1. The predicted octanol–water partition coefficient (Wildman–Crippen LogP) is 2.78. The van der Waals surface area contributed by atoms with Gasteiger partial charge in [0.1, 0.15) is 18.4 Å². The number of rotatable bonds is 7. The van der Waals surface area contributed by atoms with Crippen LogP contribution in [0.4, 0.5) is 5.69 Å². The van der Waals surface area contributed by atoms with Crippen molar-refractivity contribution in [3.8, 4) is 0 Å². The molecule has 0 saturated heterocycles. The number of hydrogen-bond acceptors (Lipinski definition) is 6. The Labute approximate surface area is 142 Å². The zero-order valence-corrected chi connectivity index (χ0v) is 14.0. The molecule has 1 unspecified atom stereocenters. The largest absolute Gasteiger partial charge is 0.478 e. The van der Waals surface area contributed by atoms with Crippen molar-refractivity contribution >= 4 is 17.5 Å². The first-order chi connectivity index (χ1) is 11.7. The van der Waals surface area contributed by atoms with Crippen molar-refractivity contribution in [2.45, 2.75) is 20.3 Å². The topological polar surface area (TPSA) is 77.2 Å². The number of nitrogens with zero attached hydrogens (tertiary/aromatic N) is 2. The van der Waals surface area contributed by atoms with Crippen LogP contribution in [0.15, 0.2) is 59.5 Å². The van der Waals surface area contributed by atoms with Gasteiger partial charge in [-0.05, 0) is 31.6 Å². The average Bonchev–Trinajstić information content (AvgIpc) is 2.61. The SMILES string of the molecule is CC=CCOC(=O)C1C=C(OCCC)N(c2ccccc2)N=C1N. The fourth-order valence-electron chi connectivity index (χ4n) is 2.10. The fraction of sp³-hybridized carbons (Fsp3) is 0.333. The normalized spacial score (nSPS) is 17.4. The molecule has 0 bridgehead atoms. The van der Waals surface area contributed by atoms with Crippen LogP contribution in [0.1, 0.15) is 20.3 Å². The van der Waals surface area contributed by atoms with E-state index in [4.69, 9.17) is 15.2 Å². The van der Waals surface area contributed by atoms with E-state index in [-0.39, 0.29) is 12.4 Å². The second-order valence-electron chi connectivity index (χ2n) is 5.20. The number of carbonyl (C=O) groups excluding carboxylic acids is 1. The first-order valence-electron chi connectivity index (χ1n) is 7.99. The lowest BCUT2D eigenvalue weighted by molar-refractivity contribution is -0.143. The summed E-state index contributed by atoms with van der Waals surface area (Å²) in [7, 11) is 0. The molecule has 0 saturated carbocycles. The van der Waals surface area contributed by atoms with Crippen LogP contribution >= 0.6 is 0 Å². The molecule has 0 aromatic heterocycles. The summed E-state index contributed by atoms with van der Waals surface area (Å²) in [5.41, 5.74) is 6.80. The van der Waals surface area contributed by atoms with Crippen LogP contribution in [0.2, 0.25) is 0 Å². The highest BCUT2D eigenvalue weighted by atomic mass is 16.5. The molecule has 128 valence electrons. The molecule has 0 radical (unpaired) electrons. The van der Waals surface area contributed by atoms with Gasteiger partial charge in [-0.3, -0.25) is 4.79 Å². The Bertz CT molecular complexity index is 638. The van der Waals surface area contributed by atoms with Crippen LogP contribution in [0.5, 0.6) is 0 Å². The van der Waals surface area contributed by atoms with Gasteiger partial charge < -0.3 is 15.2 Å². The molecule has 0 spiro atoms. The highest BCUT2D eigenvalue weighted by Crippen LogP contribution is 2.26. The Morgan fingerprint density at radius 1 is 1.38 bits per heavy atom. The molecule has 1 heterocycles. The summed E-state index contributed by atoms with van der Waals surface area (Å²) in [6, 6.07) is 9.50. The van der Waals surface area contributed by atoms with Gasteiger partial charge in [-0.2, -0.15) is 10.1 Å². The molecule has 1 aliphatic heterocycles. The number of benzene rings is 1. The number of allylic oxidation sites excluding steroid dienone is 1. The van der Waals surface area contributed by atoms with Gasteiger partial charge in [-0.1, -0.05) is 37.3 Å². The fourth-order valence-corrected chi connectivity index (χ4v) is 2.10. The second-order valence-corrected chi connectivity index (χ2v) is 5.20. The number of carbonyl (C=O) groups is 1. The highest BCUT2D eigenvalue weighted by molar-refractivity contribution is 6.03. The molecule has 24 heavy (non-hydrogen) atoms. The summed E-state index contributed by atoms with van der Waals surface area (Å²) in [6.45, 7) is 4.60. The van der Waals surface area contributed by atoms with E-state index in [0.29, 0.717) is 12.5 Å². The smallest absolute Gasteiger partial charge is 0.321 e. The van der Waals surface area contributed by atoms with E-state index < -0.39 is 11.9 Å². The summed E-state index contributed by atoms with van der Waals surface area (Å²) in [5, 5.41) is 5.93. The maximum Gasteiger partial charge on any atom is 0.321 e. The van der Waals surface area contributed by atoms with E-state index in [1.54, 1.807) is 17.2 Å². The molecule has 2 N–H and O–H groups in total. The van der Waals surface area contributed by atoms with E-state index in [1.807, 2.05) is 50.3 Å². The van der Waals surface area contributed by atoms with Gasteiger partial charge in [-0.15, -0.1) is 0 Å². The Morgan fingerprint density at radius 3 is 2.79 bits per heavy atom. The number of para-hydroxylation sites is 1. The van der Waals surface area contributed by atoms with Crippen LogP contribution in [0.25, 0.3) is 0 Å². The lowest BCUT2D eigenvalue weighted by Gasteiger charge is -2.28. The van der Waals surface area contributed by atoms with Crippen molar-refractivity contribution in [2.24, 2.45) is 16.8 Å². The zero-order valence-electron chi connectivity index (χ0n) is 14.0. The van der Waals surface area contributed by atoms with Gasteiger partial charge in [0.05, 0.1) is 12.3 Å². The van der Waals surface area contributed by atoms with E-state index in [1.165, 1.54) is 0 Å². The maximum atomic E-state index is 12.2. The van der Waals surface area contributed by atoms with Crippen molar-refractivity contribution in [3.05, 3.63) is 54.4 Å². The van der Waals surface area contributed by atoms with E-state index in [0.717, 1.165) is 12.1 Å². The third-order valence-electron chi connectivity index (χ3n) is 3.32. The van der Waals surface area contributed by atoms with Gasteiger partial charge in [0.25, 0.3) is 0 Å². The third-order valence-corrected chi connectivity index (χ3v) is 3.32. The van der Waals surface area contributed by atoms with Crippen molar-refractivity contribution in [1.29, 1.82) is 0 Å². The first-order valence-corrected chi connectivity index (χ1v) is 7.99. The zero-order chi connectivity index (χ0) is 17.4. The molecule has 0 fully saturated rings. The minimum atomic E-state index is -0.748. The third kappa shape index (κ3) is 4.38. The monoisotopic (exact) mass is 329 g/mol. The van der Waals surface area contributed by atoms with Gasteiger partial charge in [-0.25, -0.2) is 0 Å². The summed E-state index contributed by atoms with van der Waals surface area (Å²) in [4.78, 5) is 12.2. The molecule has 1 aliphatic rings. The van der Waals surface area contributed by atoms with Gasteiger partial charge in [0.15, 0.2) is 0 Å². The van der Waals surface area contributed by atoms with Crippen LogP contribution in [0, 0.1) is 5.92 Å². The number of esters is 1. The van der Waals surface area contributed by atoms with Gasteiger partial charge in [0, 0.05) is 0 Å². The molecule has 6 nitrogen and oxygen atoms in total. The Hall–Kier alpha value is -2.76. The predicted molar refractivity (Wildman–Crippen MR) is 94.1 cm³/mol. The van der Waals surface area contributed by atoms with Crippen molar-refractivity contribution < 1.29 is 14.3 Å². The number of ether oxygens (including phenoxy) is 2. The first kappa shape index (κ1) is 17.6. The van der Waals surface area contributed by atoms with Gasteiger partial charge in [0.2, 0.25) is 5.88 Å². The second kappa shape index (κ2) is 8.76. The summed E-state index contributed by atoms with van der Waals surface area (Å²) >= 11 is 0. The minimum Gasteiger partial charge on any atom is -0.478 e. The summed E-state index contributed by atoms with van der Waals surface area (Å²) < 4.78 is 10.9. The molecular weight excluding hydrogens is 306 g/mol. The lowest BCUT2D eigenvalue weighted by Crippen LogP contribution is -2.38. The van der Waals surface area contributed by atoms with Crippen LogP contribution in [-0.2, 0) is 14.3 Å². The molecule has 0 aliphatic carbocycles. The number of hydrazone groups is 1. The quantitative estimate of drug-likeness (QED) is 0.615. The molecule has 2 rings (SSSR count). The van der Waals surface area contributed by atoms with Crippen molar-refractivity contribution in [2.75, 3.05) is 18.2 Å². The number of hydrogen-bond donors (Lipinski definition) is 1. The molecule has 1 aromatic rings. The van der Waals surface area contributed by atoms with E-state index in [9.17, 15) is 4.79 Å². The number of anilines is 1. The van der Waals surface area contributed by atoms with Gasteiger partial charge >= 0.3 is 5.97 Å². The Morgan fingerprint density at radius 2 is 2.12 bits per heavy atom. The summed E-state index contributed by atoms with van der Waals surface area (Å²) in [5.74, 6) is -0.542. The van der Waals surface area contributed by atoms with Crippen molar-refractivity contribution in [1.82, 2.24) is 0 Å². The average molecular weight is 329 g/mol. The maximum absolute atomic E-state index is 12.2. The van der Waals surface area contributed by atoms with Crippen LogP contribution < -0.4 is 10.7 Å². The molecule has 1 aromatic carbocycles. The van der Waals surface area contributed by atoms with Crippen molar-refractivity contribution in [3.63, 3.8) is 0 Å². The van der Waals surface area contributed by atoms with Crippen LogP contribution in [-0.4, -0.2) is 25.0 Å². The Kier molecular flexibility index (Phi) is 6.42. The standard InChI is InChI=1S/C18H23N3O3/c1-3-5-12-24-18(22)15-13-16(23-11-4-2)21(20-17(15)19)14-9-7-6-8-10-14/h3,5-10,13,15H,4,11-12H2,1-2H3,(H2,19,20). The minimum absolute atomic E-state index is 0.174. The van der Waals surface area contributed by atoms with E-state index in [2.05, 4.69) is 5.10 Å². The van der Waals surface area contributed by atoms with E-state index >= 15 is 0 Å². The van der Waals surface area contributed by atoms with Crippen LogP contribution in [0.3, 0.4) is 0 Å².